The fourth-order valence-electron chi connectivity index (χ4n) is 2.85. The van der Waals surface area contributed by atoms with Gasteiger partial charge in [-0.2, -0.15) is 0 Å². The highest BCUT2D eigenvalue weighted by Crippen LogP contribution is 2.30. The number of nitrogens with one attached hydrogen (secondary N) is 1. The van der Waals surface area contributed by atoms with E-state index in [4.69, 9.17) is 5.73 Å². The van der Waals surface area contributed by atoms with Gasteiger partial charge in [0.25, 0.3) is 0 Å². The number of hydrogen-bond acceptors (Lipinski definition) is 3. The van der Waals surface area contributed by atoms with Crippen molar-refractivity contribution < 1.29 is 14.7 Å². The topological polar surface area (TPSA) is 95.7 Å². The second-order valence-electron chi connectivity index (χ2n) is 5.37. The van der Waals surface area contributed by atoms with Crippen LogP contribution in [0.25, 0.3) is 0 Å². The summed E-state index contributed by atoms with van der Waals surface area (Å²) < 4.78 is 0. The predicted octanol–water partition coefficient (Wildman–Crippen LogP) is 0.516. The molecule has 2 aliphatic rings. The Morgan fingerprint density at radius 2 is 1.94 bits per heavy atom. The number of amides is 2. The Balaban J connectivity index is 1.99. The molecule has 1 unspecified atom stereocenters. The molecule has 6 heteroatoms. The Kier molecular flexibility index (Phi) is 3.75. The fraction of sp³-hybridized carbons (Fsp3) is 0.833. The molecule has 1 aliphatic heterocycles. The number of carbonyl (C=O) groups excluding carboxylic acids is 1. The second kappa shape index (κ2) is 5.14. The van der Waals surface area contributed by atoms with Crippen LogP contribution in [0.4, 0.5) is 4.79 Å². The van der Waals surface area contributed by atoms with Crippen LogP contribution in [0.2, 0.25) is 0 Å². The van der Waals surface area contributed by atoms with E-state index < -0.39 is 11.5 Å². The van der Waals surface area contributed by atoms with E-state index in [1.54, 1.807) is 4.90 Å². The summed E-state index contributed by atoms with van der Waals surface area (Å²) in [5.74, 6) is -0.922. The third kappa shape index (κ3) is 2.58. The van der Waals surface area contributed by atoms with Gasteiger partial charge in [-0.25, -0.2) is 9.59 Å². The van der Waals surface area contributed by atoms with Gasteiger partial charge in [-0.3, -0.25) is 0 Å². The molecule has 1 saturated heterocycles. The minimum atomic E-state index is -1.06. The zero-order chi connectivity index (χ0) is 13.2. The zero-order valence-electron chi connectivity index (χ0n) is 10.5. The smallest absolute Gasteiger partial charge is 0.329 e. The van der Waals surface area contributed by atoms with Gasteiger partial charge in [-0.05, 0) is 25.7 Å². The summed E-state index contributed by atoms with van der Waals surface area (Å²) in [4.78, 5) is 25.1. The normalized spacial score (nSPS) is 26.9. The molecule has 2 rings (SSSR count). The van der Waals surface area contributed by atoms with E-state index >= 15 is 0 Å². The molecule has 0 aromatic heterocycles. The van der Waals surface area contributed by atoms with Gasteiger partial charge in [0.15, 0.2) is 0 Å². The predicted molar refractivity (Wildman–Crippen MR) is 66.1 cm³/mol. The summed E-state index contributed by atoms with van der Waals surface area (Å²) in [5, 5.41) is 12.0. The van der Waals surface area contributed by atoms with Gasteiger partial charge in [0, 0.05) is 19.1 Å². The van der Waals surface area contributed by atoms with Gasteiger partial charge in [0.05, 0.1) is 0 Å². The monoisotopic (exact) mass is 255 g/mol. The Labute approximate surface area is 107 Å². The number of urea groups is 1. The summed E-state index contributed by atoms with van der Waals surface area (Å²) in [7, 11) is 0. The van der Waals surface area contributed by atoms with E-state index in [1.165, 1.54) is 0 Å². The molecule has 102 valence electrons. The van der Waals surface area contributed by atoms with Crippen LogP contribution in [0, 0.1) is 0 Å². The Hall–Kier alpha value is -1.30. The Morgan fingerprint density at radius 3 is 2.50 bits per heavy atom. The van der Waals surface area contributed by atoms with Crippen molar-refractivity contribution in [3.63, 3.8) is 0 Å². The molecule has 0 spiro atoms. The first kappa shape index (κ1) is 13.1. The van der Waals surface area contributed by atoms with E-state index in [0.717, 1.165) is 25.7 Å². The summed E-state index contributed by atoms with van der Waals surface area (Å²) in [6.45, 7) is 1.18. The van der Waals surface area contributed by atoms with Gasteiger partial charge in [-0.1, -0.05) is 12.8 Å². The highest BCUT2D eigenvalue weighted by molar-refractivity contribution is 5.86. The third-order valence-electron chi connectivity index (χ3n) is 3.96. The molecule has 1 atom stereocenters. The molecule has 2 fully saturated rings. The number of nitrogens with two attached hydrogens (primary N) is 1. The Bertz CT molecular complexity index is 339. The molecule has 0 aromatic rings. The summed E-state index contributed by atoms with van der Waals surface area (Å²) in [5.41, 5.74) is 4.77. The first-order chi connectivity index (χ1) is 8.53. The van der Waals surface area contributed by atoms with Crippen molar-refractivity contribution in [2.24, 2.45) is 5.73 Å². The average Bonchev–Trinajstić information content (AvgIpc) is 2.79. The lowest BCUT2D eigenvalue weighted by molar-refractivity contribution is -0.144. The maximum atomic E-state index is 12.1. The average molecular weight is 255 g/mol. The van der Waals surface area contributed by atoms with E-state index in [9.17, 15) is 14.7 Å². The zero-order valence-corrected chi connectivity index (χ0v) is 10.5. The first-order valence-electron chi connectivity index (χ1n) is 6.59. The number of carboxylic acids is 1. The van der Waals surface area contributed by atoms with Crippen molar-refractivity contribution >= 4 is 12.0 Å². The van der Waals surface area contributed by atoms with Crippen molar-refractivity contribution in [2.75, 3.05) is 13.1 Å². The molecule has 4 N–H and O–H groups in total. The van der Waals surface area contributed by atoms with Crippen LogP contribution in [0.5, 0.6) is 0 Å². The van der Waals surface area contributed by atoms with Crippen LogP contribution in [0.15, 0.2) is 0 Å². The van der Waals surface area contributed by atoms with E-state index in [0.29, 0.717) is 25.9 Å². The van der Waals surface area contributed by atoms with Crippen molar-refractivity contribution in [1.82, 2.24) is 10.2 Å². The van der Waals surface area contributed by atoms with Gasteiger partial charge in [0.1, 0.15) is 5.54 Å². The lowest BCUT2D eigenvalue weighted by Crippen LogP contribution is -2.58. The largest absolute Gasteiger partial charge is 0.480 e. The minimum absolute atomic E-state index is 0.00820. The molecular formula is C12H21N3O3. The number of carboxylic acid groups (broad SMARTS) is 1. The molecule has 0 bridgehead atoms. The molecule has 0 radical (unpaired) electrons. The van der Waals surface area contributed by atoms with E-state index in [-0.39, 0.29) is 12.1 Å². The molecule has 6 nitrogen and oxygen atoms in total. The van der Waals surface area contributed by atoms with E-state index in [1.807, 2.05) is 0 Å². The van der Waals surface area contributed by atoms with E-state index in [2.05, 4.69) is 5.32 Å². The molecule has 2 amide bonds. The Morgan fingerprint density at radius 1 is 1.28 bits per heavy atom. The number of rotatable bonds is 2. The minimum Gasteiger partial charge on any atom is -0.480 e. The number of likely N-dealkylation sites (tertiary alicyclic amines) is 1. The quantitative estimate of drug-likeness (QED) is 0.670. The third-order valence-corrected chi connectivity index (χ3v) is 3.96. The number of carbonyl (C=O) groups is 2. The van der Waals surface area contributed by atoms with Crippen LogP contribution in [0.3, 0.4) is 0 Å². The van der Waals surface area contributed by atoms with Gasteiger partial charge >= 0.3 is 12.0 Å². The number of aliphatic carboxylic acids is 1. The van der Waals surface area contributed by atoms with Gasteiger partial charge < -0.3 is 21.1 Å². The van der Waals surface area contributed by atoms with Crippen LogP contribution in [0.1, 0.15) is 38.5 Å². The van der Waals surface area contributed by atoms with Gasteiger partial charge in [-0.15, -0.1) is 0 Å². The lowest BCUT2D eigenvalue weighted by Gasteiger charge is -2.34. The number of hydrogen-bond donors (Lipinski definition) is 3. The van der Waals surface area contributed by atoms with Crippen molar-refractivity contribution in [3.05, 3.63) is 0 Å². The summed E-state index contributed by atoms with van der Waals surface area (Å²) in [6, 6.07) is -0.275. The molecule has 1 aliphatic carbocycles. The molecule has 18 heavy (non-hydrogen) atoms. The van der Waals surface area contributed by atoms with Gasteiger partial charge in [0.2, 0.25) is 0 Å². The van der Waals surface area contributed by atoms with Crippen LogP contribution in [-0.2, 0) is 4.79 Å². The van der Waals surface area contributed by atoms with Crippen LogP contribution >= 0.6 is 0 Å². The standard InChI is InChI=1S/C12H21N3O3/c13-9-4-3-7-15(8-9)11(18)14-12(10(16)17)5-1-2-6-12/h9H,1-8,13H2,(H,14,18)(H,16,17). The lowest BCUT2D eigenvalue weighted by atomic mass is 9.98. The van der Waals surface area contributed by atoms with Crippen molar-refractivity contribution in [3.8, 4) is 0 Å². The molecule has 1 saturated carbocycles. The van der Waals surface area contributed by atoms with Crippen molar-refractivity contribution in [1.29, 1.82) is 0 Å². The maximum absolute atomic E-state index is 12.1. The number of nitrogens with zero attached hydrogens (tertiary/aromatic N) is 1. The second-order valence-corrected chi connectivity index (χ2v) is 5.37. The SMILES string of the molecule is NC1CCCN(C(=O)NC2(C(=O)O)CCCC2)C1. The van der Waals surface area contributed by atoms with Crippen LogP contribution < -0.4 is 11.1 Å². The van der Waals surface area contributed by atoms with Crippen molar-refractivity contribution in [2.45, 2.75) is 50.1 Å². The summed E-state index contributed by atoms with van der Waals surface area (Å²) >= 11 is 0. The molecule has 1 heterocycles. The van der Waals surface area contributed by atoms with Crippen LogP contribution in [-0.4, -0.2) is 46.7 Å². The highest BCUT2D eigenvalue weighted by atomic mass is 16.4. The maximum Gasteiger partial charge on any atom is 0.329 e. The summed E-state index contributed by atoms with van der Waals surface area (Å²) in [6.07, 6.45) is 4.56. The fourth-order valence-corrected chi connectivity index (χ4v) is 2.85. The molecular weight excluding hydrogens is 234 g/mol. The highest BCUT2D eigenvalue weighted by Gasteiger charge is 2.43. The number of piperidine rings is 1. The molecule has 0 aromatic carbocycles. The first-order valence-corrected chi connectivity index (χ1v) is 6.59.